The third-order valence-electron chi connectivity index (χ3n) is 9.01. The molecule has 0 aromatic carbocycles. The van der Waals surface area contributed by atoms with Crippen LogP contribution in [-0.2, 0) is 28.6 Å². The fraction of sp³-hybridized carbons (Fsp3) is 0.750. The van der Waals surface area contributed by atoms with Gasteiger partial charge in [0, 0.05) is 19.3 Å². The van der Waals surface area contributed by atoms with Gasteiger partial charge in [-0.25, -0.2) is 0 Å². The molecule has 0 heterocycles. The number of ether oxygens (including phenoxy) is 3. The lowest BCUT2D eigenvalue weighted by molar-refractivity contribution is -0.889. The van der Waals surface area contributed by atoms with Crippen molar-refractivity contribution in [2.45, 2.75) is 174 Å². The van der Waals surface area contributed by atoms with E-state index in [1.807, 2.05) is 0 Å². The van der Waals surface area contributed by atoms with Crippen LogP contribution in [-0.4, -0.2) is 75.5 Å². The SMILES string of the molecule is CC/C=C/C=C/C=C/CCCCCCCCCC(=O)OCC(COCCC(C(=O)[O-])[N+](C)(C)C)OC(=O)CCCCC/C=C/CCCCCCCC. The molecule has 0 amide bonds. The minimum absolute atomic E-state index is 0.0299. The lowest BCUT2D eigenvalue weighted by Crippen LogP contribution is -2.55. The van der Waals surface area contributed by atoms with Crippen LogP contribution in [0.15, 0.2) is 48.6 Å². The molecule has 8 nitrogen and oxygen atoms in total. The number of carboxylic acid groups (broad SMARTS) is 1. The maximum Gasteiger partial charge on any atom is 0.306 e. The van der Waals surface area contributed by atoms with E-state index in [-0.39, 0.29) is 42.7 Å². The van der Waals surface area contributed by atoms with Gasteiger partial charge in [0.1, 0.15) is 12.6 Å². The third-order valence-corrected chi connectivity index (χ3v) is 9.01. The molecule has 0 aliphatic carbocycles. The molecule has 2 atom stereocenters. The van der Waals surface area contributed by atoms with Crippen molar-refractivity contribution in [2.24, 2.45) is 0 Å². The summed E-state index contributed by atoms with van der Waals surface area (Å²) in [6, 6.07) is -0.730. The number of unbranched alkanes of at least 4 members (excludes halogenated alkanes) is 16. The lowest BCUT2D eigenvalue weighted by Gasteiger charge is -2.34. The first-order valence-electron chi connectivity index (χ1n) is 20.7. The number of carbonyl (C=O) groups excluding carboxylic acids is 3. The Hall–Kier alpha value is -2.71. The Kier molecular flexibility index (Phi) is 33.5. The Bertz CT molecular complexity index is 995. The predicted molar refractivity (Wildman–Crippen MR) is 213 cm³/mol. The zero-order chi connectivity index (χ0) is 38.5. The second-order valence-electron chi connectivity index (χ2n) is 14.9. The third kappa shape index (κ3) is 33.1. The van der Waals surface area contributed by atoms with Crippen LogP contribution in [0, 0.1) is 0 Å². The Morgan fingerprint density at radius 2 is 1.10 bits per heavy atom. The van der Waals surface area contributed by atoms with Crippen LogP contribution in [0.5, 0.6) is 0 Å². The summed E-state index contributed by atoms with van der Waals surface area (Å²) in [5.41, 5.74) is 0. The topological polar surface area (TPSA) is 102 Å². The second-order valence-corrected chi connectivity index (χ2v) is 14.9. The van der Waals surface area contributed by atoms with Gasteiger partial charge in [-0.15, -0.1) is 0 Å². The summed E-state index contributed by atoms with van der Waals surface area (Å²) in [7, 11) is 5.39. The van der Waals surface area contributed by atoms with Gasteiger partial charge >= 0.3 is 11.9 Å². The van der Waals surface area contributed by atoms with Crippen LogP contribution in [0.1, 0.15) is 162 Å². The molecular formula is C44H77NO7. The van der Waals surface area contributed by atoms with Gasteiger partial charge < -0.3 is 28.6 Å². The number of hydrogen-bond acceptors (Lipinski definition) is 7. The van der Waals surface area contributed by atoms with Crippen LogP contribution in [0.2, 0.25) is 0 Å². The van der Waals surface area contributed by atoms with E-state index < -0.39 is 18.1 Å². The molecule has 0 spiro atoms. The molecule has 0 aromatic rings. The highest BCUT2D eigenvalue weighted by Crippen LogP contribution is 2.13. The molecule has 52 heavy (non-hydrogen) atoms. The first kappa shape index (κ1) is 49.3. The van der Waals surface area contributed by atoms with Crippen LogP contribution in [0.3, 0.4) is 0 Å². The van der Waals surface area contributed by atoms with Crippen molar-refractivity contribution in [2.75, 3.05) is 41.0 Å². The molecule has 0 fully saturated rings. The van der Waals surface area contributed by atoms with Crippen molar-refractivity contribution < 1.29 is 38.2 Å². The van der Waals surface area contributed by atoms with Gasteiger partial charge in [0.05, 0.1) is 40.3 Å². The van der Waals surface area contributed by atoms with Crippen molar-refractivity contribution in [1.29, 1.82) is 0 Å². The van der Waals surface area contributed by atoms with Gasteiger partial charge in [-0.3, -0.25) is 9.59 Å². The van der Waals surface area contributed by atoms with Crippen LogP contribution < -0.4 is 5.11 Å². The number of quaternary nitrogens is 1. The maximum absolute atomic E-state index is 12.7. The number of allylic oxidation sites excluding steroid dienone is 8. The highest BCUT2D eigenvalue weighted by Gasteiger charge is 2.25. The molecule has 2 unspecified atom stereocenters. The van der Waals surface area contributed by atoms with Gasteiger partial charge in [-0.05, 0) is 57.8 Å². The quantitative estimate of drug-likeness (QED) is 0.0208. The van der Waals surface area contributed by atoms with Gasteiger partial charge in [-0.2, -0.15) is 0 Å². The summed E-state index contributed by atoms with van der Waals surface area (Å²) >= 11 is 0. The number of rotatable bonds is 36. The molecule has 0 aromatic heterocycles. The molecule has 0 bridgehead atoms. The molecule has 0 radical (unpaired) electrons. The average molecular weight is 732 g/mol. The number of nitrogens with zero attached hydrogens (tertiary/aromatic N) is 1. The van der Waals surface area contributed by atoms with Crippen LogP contribution in [0.25, 0.3) is 0 Å². The van der Waals surface area contributed by atoms with Crippen molar-refractivity contribution in [3.63, 3.8) is 0 Å². The van der Waals surface area contributed by atoms with E-state index in [0.29, 0.717) is 12.8 Å². The molecule has 0 N–H and O–H groups in total. The monoisotopic (exact) mass is 732 g/mol. The smallest absolute Gasteiger partial charge is 0.306 e. The van der Waals surface area contributed by atoms with E-state index in [4.69, 9.17) is 14.2 Å². The van der Waals surface area contributed by atoms with E-state index in [2.05, 4.69) is 62.5 Å². The minimum Gasteiger partial charge on any atom is -0.544 e. The van der Waals surface area contributed by atoms with Crippen molar-refractivity contribution in [1.82, 2.24) is 0 Å². The standard InChI is InChI=1S/C44H77NO7/c1-6-8-10-12-14-16-18-20-21-23-24-26-28-30-32-34-42(46)51-39-40(38-50-37-36-41(44(48)49)45(3,4)5)52-43(47)35-33-31-29-27-25-22-19-17-15-13-11-9-7-2/h8,10,12,14,16,18,22,25,40-41H,6-7,9,11,13,15,17,19-21,23-24,26-39H2,1-5H3/b10-8+,14-12+,18-16+,25-22+. The maximum atomic E-state index is 12.7. The van der Waals surface area contributed by atoms with Crippen molar-refractivity contribution in [3.8, 4) is 0 Å². The zero-order valence-electron chi connectivity index (χ0n) is 34.0. The molecule has 300 valence electrons. The average Bonchev–Trinajstić information content (AvgIpc) is 3.09. The predicted octanol–water partition coefficient (Wildman–Crippen LogP) is 9.52. The molecule has 0 saturated carbocycles. The first-order chi connectivity index (χ1) is 25.1. The van der Waals surface area contributed by atoms with Gasteiger partial charge in [0.15, 0.2) is 6.10 Å². The van der Waals surface area contributed by atoms with Gasteiger partial charge in [0.25, 0.3) is 0 Å². The number of hydrogen-bond donors (Lipinski definition) is 0. The van der Waals surface area contributed by atoms with Gasteiger partial charge in [0.2, 0.25) is 0 Å². The Balaban J connectivity index is 4.42. The number of aliphatic carboxylic acids is 1. The summed E-state index contributed by atoms with van der Waals surface area (Å²) in [5.74, 6) is -1.78. The Morgan fingerprint density at radius 3 is 1.65 bits per heavy atom. The first-order valence-corrected chi connectivity index (χ1v) is 20.7. The van der Waals surface area contributed by atoms with Crippen molar-refractivity contribution in [3.05, 3.63) is 48.6 Å². The number of carbonyl (C=O) groups is 3. The molecule has 0 rings (SSSR count). The lowest BCUT2D eigenvalue weighted by atomic mass is 10.1. The van der Waals surface area contributed by atoms with E-state index in [9.17, 15) is 19.5 Å². The van der Waals surface area contributed by atoms with E-state index in [1.54, 1.807) is 21.1 Å². The number of carboxylic acids is 1. The summed E-state index contributed by atoms with van der Waals surface area (Å²) in [5, 5.41) is 11.6. The van der Waals surface area contributed by atoms with Crippen molar-refractivity contribution >= 4 is 17.9 Å². The summed E-state index contributed by atoms with van der Waals surface area (Å²) in [4.78, 5) is 36.7. The van der Waals surface area contributed by atoms with E-state index >= 15 is 0 Å². The number of esters is 2. The Labute approximate surface area is 318 Å². The molecule has 0 aliphatic heterocycles. The Morgan fingerprint density at radius 1 is 0.596 bits per heavy atom. The minimum atomic E-state index is -1.13. The second kappa shape index (κ2) is 35.3. The number of likely N-dealkylation sites (N-methyl/N-ethyl adjacent to an activating group) is 1. The molecular weight excluding hydrogens is 654 g/mol. The van der Waals surface area contributed by atoms with E-state index in [1.165, 1.54) is 64.2 Å². The van der Waals surface area contributed by atoms with E-state index in [0.717, 1.165) is 64.2 Å². The molecule has 8 heteroatoms. The van der Waals surface area contributed by atoms with Gasteiger partial charge in [-0.1, -0.05) is 133 Å². The molecule has 0 saturated heterocycles. The zero-order valence-corrected chi connectivity index (χ0v) is 34.0. The fourth-order valence-corrected chi connectivity index (χ4v) is 5.77. The molecule has 0 aliphatic rings. The highest BCUT2D eigenvalue weighted by molar-refractivity contribution is 5.70. The summed E-state index contributed by atoms with van der Waals surface area (Å²) in [6.07, 6.45) is 39.9. The largest absolute Gasteiger partial charge is 0.544 e. The summed E-state index contributed by atoms with van der Waals surface area (Å²) < 4.78 is 17.1. The fourth-order valence-electron chi connectivity index (χ4n) is 5.77. The highest BCUT2D eigenvalue weighted by atomic mass is 16.6. The van der Waals surface area contributed by atoms with Crippen LogP contribution in [0.4, 0.5) is 0 Å². The normalized spacial score (nSPS) is 13.5. The van der Waals surface area contributed by atoms with Crippen LogP contribution >= 0.6 is 0 Å². The summed E-state index contributed by atoms with van der Waals surface area (Å²) in [6.45, 7) is 4.48.